The second-order valence-corrected chi connectivity index (χ2v) is 6.98. The molecule has 1 aliphatic carbocycles. The number of pyridine rings is 1. The van der Waals surface area contributed by atoms with E-state index < -0.39 is 0 Å². The summed E-state index contributed by atoms with van der Waals surface area (Å²) in [6.07, 6.45) is 7.31. The molecule has 3 rings (SSSR count). The van der Waals surface area contributed by atoms with Crippen LogP contribution in [0.3, 0.4) is 0 Å². The summed E-state index contributed by atoms with van der Waals surface area (Å²) in [7, 11) is 0. The molecular weight excluding hydrogens is 326 g/mol. The highest BCUT2D eigenvalue weighted by Gasteiger charge is 2.17. The van der Waals surface area contributed by atoms with Gasteiger partial charge in [0.2, 0.25) is 0 Å². The van der Waals surface area contributed by atoms with Crippen LogP contribution in [0.1, 0.15) is 64.1 Å². The molecule has 1 fully saturated rings. The first-order valence-electron chi connectivity index (χ1n) is 9.18. The molecule has 0 atom stereocenters. The smallest absolute Gasteiger partial charge is 0.257 e. The number of rotatable bonds is 4. The molecule has 26 heavy (non-hydrogen) atoms. The fourth-order valence-electron chi connectivity index (χ4n) is 3.26. The third-order valence-corrected chi connectivity index (χ3v) is 4.85. The molecule has 0 spiro atoms. The average Bonchev–Trinajstić information content (AvgIpc) is 2.64. The summed E-state index contributed by atoms with van der Waals surface area (Å²) < 4.78 is 0. The molecule has 0 unspecified atom stereocenters. The molecule has 0 aliphatic heterocycles. The van der Waals surface area contributed by atoms with Crippen LogP contribution in [-0.2, 0) is 0 Å². The van der Waals surface area contributed by atoms with Gasteiger partial charge in [-0.2, -0.15) is 0 Å². The largest absolute Gasteiger partial charge is 0.349 e. The van der Waals surface area contributed by atoms with Gasteiger partial charge < -0.3 is 10.6 Å². The van der Waals surface area contributed by atoms with Gasteiger partial charge in [0.05, 0.1) is 5.56 Å². The number of aromatic nitrogens is 1. The van der Waals surface area contributed by atoms with Crippen LogP contribution in [-0.4, -0.2) is 22.8 Å². The van der Waals surface area contributed by atoms with Crippen LogP contribution in [0.5, 0.6) is 0 Å². The lowest BCUT2D eigenvalue weighted by Gasteiger charge is -2.23. The fourth-order valence-corrected chi connectivity index (χ4v) is 3.26. The number of carbonyl (C=O) groups is 2. The number of hydrogen-bond acceptors (Lipinski definition) is 3. The van der Waals surface area contributed by atoms with Crippen LogP contribution in [0.4, 0.5) is 5.69 Å². The van der Waals surface area contributed by atoms with Crippen LogP contribution >= 0.6 is 0 Å². The zero-order chi connectivity index (χ0) is 18.5. The third-order valence-electron chi connectivity index (χ3n) is 4.85. The molecule has 1 heterocycles. The predicted octanol–water partition coefficient (Wildman–Crippen LogP) is 4.01. The van der Waals surface area contributed by atoms with E-state index in [0.717, 1.165) is 24.1 Å². The van der Waals surface area contributed by atoms with Crippen molar-refractivity contribution in [1.82, 2.24) is 10.3 Å². The highest BCUT2D eigenvalue weighted by Crippen LogP contribution is 2.20. The Labute approximate surface area is 154 Å². The van der Waals surface area contributed by atoms with Crippen LogP contribution < -0.4 is 10.6 Å². The van der Waals surface area contributed by atoms with E-state index in [-0.39, 0.29) is 17.9 Å². The standard InChI is InChI=1S/C21H25N3O2/c1-14-12-16(20(25)23-18-6-4-3-5-7-18)10-11-19(14)24-21(26)17-9-8-15(2)22-13-17/h8-13,18H,3-7H2,1-2H3,(H,23,25)(H,24,26). The van der Waals surface area contributed by atoms with Gasteiger partial charge in [-0.05, 0) is 62.6 Å². The van der Waals surface area contributed by atoms with Crippen molar-refractivity contribution in [3.05, 3.63) is 58.9 Å². The quantitative estimate of drug-likeness (QED) is 0.874. The first-order chi connectivity index (χ1) is 12.5. The van der Waals surface area contributed by atoms with Crippen LogP contribution in [0.25, 0.3) is 0 Å². The van der Waals surface area contributed by atoms with E-state index in [1.54, 1.807) is 30.5 Å². The van der Waals surface area contributed by atoms with Crippen molar-refractivity contribution in [2.45, 2.75) is 52.0 Å². The van der Waals surface area contributed by atoms with Crippen LogP contribution in [0.2, 0.25) is 0 Å². The second-order valence-electron chi connectivity index (χ2n) is 6.98. The highest BCUT2D eigenvalue weighted by atomic mass is 16.2. The second kappa shape index (κ2) is 8.13. The van der Waals surface area contributed by atoms with Crippen molar-refractivity contribution in [2.75, 3.05) is 5.32 Å². The minimum absolute atomic E-state index is 0.0411. The molecule has 136 valence electrons. The summed E-state index contributed by atoms with van der Waals surface area (Å²) in [4.78, 5) is 28.9. The van der Waals surface area contributed by atoms with Gasteiger partial charge in [0.25, 0.3) is 11.8 Å². The van der Waals surface area contributed by atoms with Gasteiger partial charge in [0, 0.05) is 29.2 Å². The average molecular weight is 351 g/mol. The topological polar surface area (TPSA) is 71.1 Å². The molecule has 1 saturated carbocycles. The Morgan fingerprint density at radius 2 is 1.69 bits per heavy atom. The molecule has 5 heteroatoms. The maximum Gasteiger partial charge on any atom is 0.257 e. The SMILES string of the molecule is Cc1ccc(C(=O)Nc2ccc(C(=O)NC3CCCCC3)cc2C)cn1. The highest BCUT2D eigenvalue weighted by molar-refractivity contribution is 6.05. The van der Waals surface area contributed by atoms with Crippen LogP contribution in [0.15, 0.2) is 36.5 Å². The van der Waals surface area contributed by atoms with E-state index in [9.17, 15) is 9.59 Å². The van der Waals surface area contributed by atoms with Crippen molar-refractivity contribution >= 4 is 17.5 Å². The Hall–Kier alpha value is -2.69. The minimum atomic E-state index is -0.208. The molecule has 1 aliphatic rings. The van der Waals surface area contributed by atoms with Gasteiger partial charge in [0.1, 0.15) is 0 Å². The fraction of sp³-hybridized carbons (Fsp3) is 0.381. The van der Waals surface area contributed by atoms with Gasteiger partial charge in [-0.15, -0.1) is 0 Å². The van der Waals surface area contributed by atoms with E-state index in [1.165, 1.54) is 19.3 Å². The first kappa shape index (κ1) is 18.1. The van der Waals surface area contributed by atoms with E-state index >= 15 is 0 Å². The molecule has 0 radical (unpaired) electrons. The van der Waals surface area contributed by atoms with E-state index in [4.69, 9.17) is 0 Å². The van der Waals surface area contributed by atoms with Crippen molar-refractivity contribution < 1.29 is 9.59 Å². The maximum atomic E-state index is 12.4. The zero-order valence-electron chi connectivity index (χ0n) is 15.3. The number of amides is 2. The van der Waals surface area contributed by atoms with Gasteiger partial charge in [0.15, 0.2) is 0 Å². The zero-order valence-corrected chi connectivity index (χ0v) is 15.3. The number of benzene rings is 1. The van der Waals surface area contributed by atoms with Gasteiger partial charge in [-0.25, -0.2) is 0 Å². The number of nitrogens with one attached hydrogen (secondary N) is 2. The Morgan fingerprint density at radius 1 is 0.962 bits per heavy atom. The number of anilines is 1. The van der Waals surface area contributed by atoms with Crippen molar-refractivity contribution in [3.63, 3.8) is 0 Å². The summed E-state index contributed by atoms with van der Waals surface area (Å²) in [6, 6.07) is 9.20. The number of nitrogens with zero attached hydrogens (tertiary/aromatic N) is 1. The molecule has 1 aromatic heterocycles. The van der Waals surface area contributed by atoms with Gasteiger partial charge in [-0.1, -0.05) is 19.3 Å². The first-order valence-corrected chi connectivity index (χ1v) is 9.18. The molecule has 1 aromatic carbocycles. The summed E-state index contributed by atoms with van der Waals surface area (Å²) in [5.41, 5.74) is 3.56. The lowest BCUT2D eigenvalue weighted by molar-refractivity contribution is 0.0927. The minimum Gasteiger partial charge on any atom is -0.349 e. The van der Waals surface area contributed by atoms with E-state index in [1.807, 2.05) is 19.9 Å². The summed E-state index contributed by atoms with van der Waals surface area (Å²) in [6.45, 7) is 3.77. The van der Waals surface area contributed by atoms with Crippen LogP contribution in [0, 0.1) is 13.8 Å². The Morgan fingerprint density at radius 3 is 2.35 bits per heavy atom. The number of hydrogen-bond donors (Lipinski definition) is 2. The van der Waals surface area contributed by atoms with Gasteiger partial charge >= 0.3 is 0 Å². The van der Waals surface area contributed by atoms with Crippen molar-refractivity contribution in [2.24, 2.45) is 0 Å². The molecule has 5 nitrogen and oxygen atoms in total. The monoisotopic (exact) mass is 351 g/mol. The molecule has 2 N–H and O–H groups in total. The van der Waals surface area contributed by atoms with Crippen molar-refractivity contribution in [1.29, 1.82) is 0 Å². The molecule has 0 bridgehead atoms. The van der Waals surface area contributed by atoms with E-state index in [2.05, 4.69) is 15.6 Å². The summed E-state index contributed by atoms with van der Waals surface area (Å²) >= 11 is 0. The van der Waals surface area contributed by atoms with E-state index in [0.29, 0.717) is 16.8 Å². The van der Waals surface area contributed by atoms with Crippen molar-refractivity contribution in [3.8, 4) is 0 Å². The normalized spacial score (nSPS) is 14.7. The Kier molecular flexibility index (Phi) is 5.66. The summed E-state index contributed by atoms with van der Waals surface area (Å²) in [5, 5.41) is 6.00. The lowest BCUT2D eigenvalue weighted by atomic mass is 9.95. The Balaban J connectivity index is 1.65. The summed E-state index contributed by atoms with van der Waals surface area (Å²) in [5.74, 6) is -0.249. The maximum absolute atomic E-state index is 12.4. The number of aryl methyl sites for hydroxylation is 2. The number of carbonyl (C=O) groups excluding carboxylic acids is 2. The Bertz CT molecular complexity index is 793. The predicted molar refractivity (Wildman–Crippen MR) is 102 cm³/mol. The van der Waals surface area contributed by atoms with Gasteiger partial charge in [-0.3, -0.25) is 14.6 Å². The molecular formula is C21H25N3O2. The third kappa shape index (κ3) is 4.48. The molecule has 2 amide bonds. The molecule has 0 saturated heterocycles. The molecule has 2 aromatic rings. The lowest BCUT2D eigenvalue weighted by Crippen LogP contribution is -2.36.